The van der Waals surface area contributed by atoms with E-state index in [4.69, 9.17) is 14.2 Å². The molecule has 1 aromatic carbocycles. The monoisotopic (exact) mass is 361 g/mol. The minimum absolute atomic E-state index is 0.278. The highest BCUT2D eigenvalue weighted by atomic mass is 32.1. The molecular formula is C18H19NO5S. The van der Waals surface area contributed by atoms with Gasteiger partial charge in [0.1, 0.15) is 10.8 Å². The van der Waals surface area contributed by atoms with Crippen LogP contribution >= 0.6 is 11.3 Å². The third-order valence-electron chi connectivity index (χ3n) is 3.88. The van der Waals surface area contributed by atoms with Crippen molar-refractivity contribution < 1.29 is 23.8 Å². The molecule has 6 nitrogen and oxygen atoms in total. The second kappa shape index (κ2) is 7.67. The van der Waals surface area contributed by atoms with Crippen LogP contribution in [0.25, 0.3) is 0 Å². The molecule has 1 N–H and O–H groups in total. The predicted molar refractivity (Wildman–Crippen MR) is 94.6 cm³/mol. The number of nitrogens with one attached hydrogen (secondary N) is 1. The number of ether oxygens (including phenoxy) is 3. The second-order valence-electron chi connectivity index (χ2n) is 5.39. The highest BCUT2D eigenvalue weighted by Gasteiger charge is 2.28. The summed E-state index contributed by atoms with van der Waals surface area (Å²) in [7, 11) is 1.51. The SMILES string of the molecule is CCOC(=O)c1c(NC(=O)c2ccccc2OC)sc2c1CCOC2. The molecule has 0 unspecified atom stereocenters. The lowest BCUT2D eigenvalue weighted by Crippen LogP contribution is -2.17. The van der Waals surface area contributed by atoms with E-state index in [1.165, 1.54) is 18.4 Å². The minimum atomic E-state index is -0.419. The maximum absolute atomic E-state index is 12.7. The molecule has 0 radical (unpaired) electrons. The van der Waals surface area contributed by atoms with Gasteiger partial charge in [-0.1, -0.05) is 12.1 Å². The van der Waals surface area contributed by atoms with Gasteiger partial charge >= 0.3 is 5.97 Å². The quantitative estimate of drug-likeness (QED) is 0.828. The zero-order chi connectivity index (χ0) is 17.8. The first-order valence-corrected chi connectivity index (χ1v) is 8.81. The van der Waals surface area contributed by atoms with E-state index >= 15 is 0 Å². The van der Waals surface area contributed by atoms with Crippen LogP contribution in [0, 0.1) is 0 Å². The summed E-state index contributed by atoms with van der Waals surface area (Å²) in [5.41, 5.74) is 1.75. The lowest BCUT2D eigenvalue weighted by Gasteiger charge is -2.13. The first kappa shape index (κ1) is 17.4. The molecule has 0 spiro atoms. The summed E-state index contributed by atoms with van der Waals surface area (Å²) in [6.45, 7) is 3.03. The molecule has 1 aliphatic rings. The van der Waals surface area contributed by atoms with E-state index in [0.717, 1.165) is 10.4 Å². The predicted octanol–water partition coefficient (Wildman–Crippen LogP) is 3.26. The molecule has 25 heavy (non-hydrogen) atoms. The van der Waals surface area contributed by atoms with Gasteiger partial charge in [-0.2, -0.15) is 0 Å². The van der Waals surface area contributed by atoms with Crippen molar-refractivity contribution >= 4 is 28.2 Å². The molecule has 3 rings (SSSR count). The van der Waals surface area contributed by atoms with Crippen LogP contribution < -0.4 is 10.1 Å². The van der Waals surface area contributed by atoms with Crippen LogP contribution in [0.3, 0.4) is 0 Å². The van der Waals surface area contributed by atoms with Gasteiger partial charge in [0.15, 0.2) is 0 Å². The number of fused-ring (bicyclic) bond motifs is 1. The highest BCUT2D eigenvalue weighted by molar-refractivity contribution is 7.17. The molecule has 0 fully saturated rings. The Morgan fingerprint density at radius 1 is 1.32 bits per heavy atom. The van der Waals surface area contributed by atoms with E-state index in [2.05, 4.69) is 5.32 Å². The molecule has 0 saturated heterocycles. The van der Waals surface area contributed by atoms with E-state index in [1.807, 2.05) is 0 Å². The van der Waals surface area contributed by atoms with Gasteiger partial charge in [0.2, 0.25) is 0 Å². The van der Waals surface area contributed by atoms with Crippen LogP contribution in [0.1, 0.15) is 38.1 Å². The molecule has 2 heterocycles. The Morgan fingerprint density at radius 3 is 2.88 bits per heavy atom. The zero-order valence-electron chi connectivity index (χ0n) is 14.1. The molecule has 1 aliphatic heterocycles. The number of hydrogen-bond acceptors (Lipinski definition) is 6. The molecule has 0 saturated carbocycles. The van der Waals surface area contributed by atoms with Crippen LogP contribution in [0.5, 0.6) is 5.75 Å². The molecule has 2 aromatic rings. The van der Waals surface area contributed by atoms with Gasteiger partial charge < -0.3 is 19.5 Å². The first-order valence-electron chi connectivity index (χ1n) is 7.99. The lowest BCUT2D eigenvalue weighted by molar-refractivity contribution is 0.0524. The lowest BCUT2D eigenvalue weighted by atomic mass is 10.1. The molecule has 7 heteroatoms. The Morgan fingerprint density at radius 2 is 2.12 bits per heavy atom. The summed E-state index contributed by atoms with van der Waals surface area (Å²) >= 11 is 1.35. The van der Waals surface area contributed by atoms with E-state index in [-0.39, 0.29) is 12.5 Å². The Labute approximate surface area is 149 Å². The fourth-order valence-electron chi connectivity index (χ4n) is 2.74. The number of esters is 1. The molecule has 1 aromatic heterocycles. The Balaban J connectivity index is 1.95. The van der Waals surface area contributed by atoms with Crippen molar-refractivity contribution in [1.29, 1.82) is 0 Å². The van der Waals surface area contributed by atoms with Crippen LogP contribution in [-0.4, -0.2) is 32.2 Å². The van der Waals surface area contributed by atoms with Crippen LogP contribution in [-0.2, 0) is 22.5 Å². The maximum atomic E-state index is 12.7. The largest absolute Gasteiger partial charge is 0.496 e. The smallest absolute Gasteiger partial charge is 0.341 e. The Bertz CT molecular complexity index is 799. The molecule has 0 atom stereocenters. The number of carbonyl (C=O) groups is 2. The third kappa shape index (κ3) is 3.52. The standard InChI is InChI=1S/C18H19NO5S/c1-3-24-18(21)15-12-8-9-23-10-14(12)25-17(15)19-16(20)11-6-4-5-7-13(11)22-2/h4-7H,3,8-10H2,1-2H3,(H,19,20). The maximum Gasteiger partial charge on any atom is 0.341 e. The van der Waals surface area contributed by atoms with Gasteiger partial charge in [-0.25, -0.2) is 4.79 Å². The van der Waals surface area contributed by atoms with Crippen molar-refractivity contribution in [3.05, 3.63) is 45.8 Å². The molecular weight excluding hydrogens is 342 g/mol. The molecule has 0 bridgehead atoms. The summed E-state index contributed by atoms with van der Waals surface area (Å²) in [5.74, 6) is -0.276. The third-order valence-corrected chi connectivity index (χ3v) is 5.00. The number of benzene rings is 1. The van der Waals surface area contributed by atoms with Crippen LogP contribution in [0.2, 0.25) is 0 Å². The highest BCUT2D eigenvalue weighted by Crippen LogP contribution is 2.37. The van der Waals surface area contributed by atoms with E-state index in [0.29, 0.717) is 41.5 Å². The summed E-state index contributed by atoms with van der Waals surface area (Å²) in [5, 5.41) is 3.33. The first-order chi connectivity index (χ1) is 12.2. The molecule has 132 valence electrons. The number of amides is 1. The summed E-state index contributed by atoms with van der Waals surface area (Å²) in [6.07, 6.45) is 0.629. The fourth-order valence-corrected chi connectivity index (χ4v) is 3.91. The van der Waals surface area contributed by atoms with Gasteiger partial charge in [0.25, 0.3) is 5.91 Å². The number of thiophene rings is 1. The Hall–Kier alpha value is -2.38. The molecule has 1 amide bonds. The molecule has 0 aliphatic carbocycles. The van der Waals surface area contributed by atoms with Gasteiger partial charge in [-0.05, 0) is 31.0 Å². The van der Waals surface area contributed by atoms with E-state index in [1.54, 1.807) is 31.2 Å². The average Bonchev–Trinajstić information content (AvgIpc) is 2.99. The van der Waals surface area contributed by atoms with Crippen LogP contribution in [0.4, 0.5) is 5.00 Å². The number of anilines is 1. The summed E-state index contributed by atoms with van der Waals surface area (Å²) < 4.78 is 15.9. The van der Waals surface area contributed by atoms with Crippen molar-refractivity contribution in [3.8, 4) is 5.75 Å². The van der Waals surface area contributed by atoms with E-state index < -0.39 is 5.97 Å². The average molecular weight is 361 g/mol. The van der Waals surface area contributed by atoms with E-state index in [9.17, 15) is 9.59 Å². The zero-order valence-corrected chi connectivity index (χ0v) is 14.9. The Kier molecular flexibility index (Phi) is 5.35. The number of hydrogen-bond donors (Lipinski definition) is 1. The topological polar surface area (TPSA) is 73.9 Å². The van der Waals surface area contributed by atoms with Gasteiger partial charge in [0.05, 0.1) is 38.1 Å². The second-order valence-corrected chi connectivity index (χ2v) is 6.49. The number of carbonyl (C=O) groups excluding carboxylic acids is 2. The van der Waals surface area contributed by atoms with Crippen molar-refractivity contribution in [3.63, 3.8) is 0 Å². The van der Waals surface area contributed by atoms with Crippen molar-refractivity contribution in [1.82, 2.24) is 0 Å². The summed E-state index contributed by atoms with van der Waals surface area (Å²) in [6, 6.07) is 6.95. The van der Waals surface area contributed by atoms with Gasteiger partial charge in [-0.3, -0.25) is 4.79 Å². The number of rotatable bonds is 5. The van der Waals surface area contributed by atoms with Gasteiger partial charge in [0, 0.05) is 4.88 Å². The van der Waals surface area contributed by atoms with Crippen molar-refractivity contribution in [2.24, 2.45) is 0 Å². The number of para-hydroxylation sites is 1. The van der Waals surface area contributed by atoms with Crippen LogP contribution in [0.15, 0.2) is 24.3 Å². The minimum Gasteiger partial charge on any atom is -0.496 e. The van der Waals surface area contributed by atoms with Gasteiger partial charge in [-0.15, -0.1) is 11.3 Å². The number of methoxy groups -OCH3 is 1. The van der Waals surface area contributed by atoms with Crippen molar-refractivity contribution in [2.75, 3.05) is 25.6 Å². The fraction of sp³-hybridized carbons (Fsp3) is 0.333. The summed E-state index contributed by atoms with van der Waals surface area (Å²) in [4.78, 5) is 26.0. The normalized spacial score (nSPS) is 13.0. The van der Waals surface area contributed by atoms with Crippen molar-refractivity contribution in [2.45, 2.75) is 20.0 Å².